The van der Waals surface area contributed by atoms with Gasteiger partial charge in [0.2, 0.25) is 11.8 Å². The van der Waals surface area contributed by atoms with Crippen LogP contribution < -0.4 is 4.90 Å². The summed E-state index contributed by atoms with van der Waals surface area (Å²) < 4.78 is 0. The van der Waals surface area contributed by atoms with E-state index in [-0.39, 0.29) is 35.6 Å². The van der Waals surface area contributed by atoms with Crippen molar-refractivity contribution in [2.24, 2.45) is 17.8 Å². The highest BCUT2D eigenvalue weighted by molar-refractivity contribution is 6.25. The van der Waals surface area contributed by atoms with Crippen LogP contribution in [-0.2, 0) is 32.0 Å². The van der Waals surface area contributed by atoms with Gasteiger partial charge in [0.25, 0.3) is 0 Å². The molecule has 202 valence electrons. The molecule has 1 fully saturated rings. The molecule has 4 aliphatic rings. The Bertz CT molecular complexity index is 1590. The number of para-hydroxylation sites is 1. The van der Waals surface area contributed by atoms with Gasteiger partial charge in [-0.15, -0.1) is 6.58 Å². The molecule has 2 amide bonds. The van der Waals surface area contributed by atoms with Gasteiger partial charge in [-0.3, -0.25) is 24.1 Å². The van der Waals surface area contributed by atoms with Crippen LogP contribution in [0.25, 0.3) is 0 Å². The Kier molecular flexibility index (Phi) is 6.29. The third kappa shape index (κ3) is 3.77. The molecule has 0 spiro atoms. The van der Waals surface area contributed by atoms with Crippen molar-refractivity contribution in [3.05, 3.63) is 106 Å². The summed E-state index contributed by atoms with van der Waals surface area (Å²) in [5, 5.41) is 11.3. The van der Waals surface area contributed by atoms with Crippen molar-refractivity contribution in [2.45, 2.75) is 45.4 Å². The maximum absolute atomic E-state index is 14.0. The number of ketones is 2. The van der Waals surface area contributed by atoms with Crippen molar-refractivity contribution in [1.29, 1.82) is 0 Å². The minimum absolute atomic E-state index is 0.0564. The molecule has 0 unspecified atom stereocenters. The summed E-state index contributed by atoms with van der Waals surface area (Å²) in [7, 11) is 0. The highest BCUT2D eigenvalue weighted by atomic mass is 16.3. The second-order valence-corrected chi connectivity index (χ2v) is 11.1. The predicted octanol–water partition coefficient (Wildman–Crippen LogP) is 5.32. The maximum Gasteiger partial charge on any atom is 0.238 e. The van der Waals surface area contributed by atoms with Gasteiger partial charge in [-0.2, -0.15) is 0 Å². The molecule has 6 rings (SSSR count). The number of hydrogen-bond donors (Lipinski definition) is 1. The minimum atomic E-state index is -0.680. The first-order valence-electron chi connectivity index (χ1n) is 13.9. The lowest BCUT2D eigenvalue weighted by atomic mass is 9.59. The Balaban J connectivity index is 1.48. The quantitative estimate of drug-likeness (QED) is 0.319. The molecule has 3 aliphatic carbocycles. The predicted molar refractivity (Wildman–Crippen MR) is 152 cm³/mol. The zero-order valence-electron chi connectivity index (χ0n) is 22.6. The molecule has 0 saturated carbocycles. The number of aryl methyl sites for hydroxylation is 1. The van der Waals surface area contributed by atoms with E-state index in [1.54, 1.807) is 25.1 Å². The molecule has 0 radical (unpaired) electrons. The zero-order chi connectivity index (χ0) is 28.3. The van der Waals surface area contributed by atoms with E-state index in [4.69, 9.17) is 0 Å². The fourth-order valence-corrected chi connectivity index (χ4v) is 7.04. The van der Waals surface area contributed by atoms with Crippen molar-refractivity contribution in [3.63, 3.8) is 0 Å². The highest BCUT2D eigenvalue weighted by Gasteiger charge is 2.56. The van der Waals surface area contributed by atoms with Crippen molar-refractivity contribution in [2.75, 3.05) is 4.90 Å². The lowest BCUT2D eigenvalue weighted by molar-refractivity contribution is -0.123. The lowest BCUT2D eigenvalue weighted by Crippen LogP contribution is -2.39. The number of anilines is 1. The average molecular weight is 534 g/mol. The van der Waals surface area contributed by atoms with E-state index >= 15 is 0 Å². The third-order valence-corrected chi connectivity index (χ3v) is 8.99. The molecule has 1 saturated heterocycles. The van der Waals surface area contributed by atoms with Gasteiger partial charge in [-0.1, -0.05) is 55.0 Å². The summed E-state index contributed by atoms with van der Waals surface area (Å²) in [4.78, 5) is 55.9. The number of Topliss-reactive ketones (excluding diaryl/α,β-unsaturated/α-hetero) is 1. The molecule has 1 N–H and O–H groups in total. The summed E-state index contributed by atoms with van der Waals surface area (Å²) in [5.74, 6) is -3.23. The molecule has 6 nitrogen and oxygen atoms in total. The van der Waals surface area contributed by atoms with Crippen LogP contribution in [0.5, 0.6) is 5.75 Å². The van der Waals surface area contributed by atoms with Crippen molar-refractivity contribution >= 4 is 29.1 Å². The number of phenolic OH excluding ortho intramolecular Hbond substituents is 1. The fourth-order valence-electron chi connectivity index (χ4n) is 7.04. The van der Waals surface area contributed by atoms with Gasteiger partial charge in [0.05, 0.1) is 17.5 Å². The molecular formula is C34H31NO5. The Labute approximate surface area is 233 Å². The van der Waals surface area contributed by atoms with Crippen LogP contribution >= 0.6 is 0 Å². The summed E-state index contributed by atoms with van der Waals surface area (Å²) in [5.41, 5.74) is 4.79. The van der Waals surface area contributed by atoms with E-state index in [1.807, 2.05) is 43.3 Å². The van der Waals surface area contributed by atoms with E-state index in [1.165, 1.54) is 11.0 Å². The maximum atomic E-state index is 14.0. The first kappa shape index (κ1) is 25.9. The van der Waals surface area contributed by atoms with Crippen LogP contribution in [0.15, 0.2) is 89.6 Å². The van der Waals surface area contributed by atoms with Gasteiger partial charge < -0.3 is 5.11 Å². The number of aromatic hydroxyl groups is 1. The second-order valence-electron chi connectivity index (χ2n) is 11.1. The largest absolute Gasteiger partial charge is 0.507 e. The molecule has 4 atom stereocenters. The monoisotopic (exact) mass is 533 g/mol. The number of nitrogens with zero attached hydrogens (tertiary/aromatic N) is 1. The molecule has 2 aromatic rings. The first-order chi connectivity index (χ1) is 19.3. The van der Waals surface area contributed by atoms with Gasteiger partial charge >= 0.3 is 0 Å². The number of amides is 2. The summed E-state index contributed by atoms with van der Waals surface area (Å²) >= 11 is 0. The SMILES string of the molecule is C=CCc1cccc([C@H]2C3=CC[C@@H]4C(=O)N(c5ccc(CC)cc5)C(=O)[C@@H]4[C@@H]3CC3=C2C(=O)C=C(C)C3=O)c1O. The van der Waals surface area contributed by atoms with Crippen LogP contribution in [0.2, 0.25) is 0 Å². The molecule has 0 bridgehead atoms. The van der Waals surface area contributed by atoms with Crippen LogP contribution in [0.3, 0.4) is 0 Å². The number of carbonyl (C=O) groups excluding carboxylic acids is 4. The number of allylic oxidation sites excluding steroid dienone is 7. The molecule has 2 aromatic carbocycles. The number of hydrogen-bond acceptors (Lipinski definition) is 5. The standard InChI is InChI=1S/C34H31NO5/c1-4-7-20-8-6-9-23(32(20)38)28-22-14-15-24-29(25(22)17-26-30(28)27(36)16-18(3)31(26)37)34(40)35(33(24)39)21-12-10-19(5-2)11-13-21/h4,6,8-14,16,24-25,28-29,38H,1,5,7,15,17H2,2-3H3/t24-,25+,28+,29-/m0/s1. The van der Waals surface area contributed by atoms with Gasteiger partial charge in [0, 0.05) is 28.2 Å². The zero-order valence-corrected chi connectivity index (χ0v) is 22.6. The number of fused-ring (bicyclic) bond motifs is 3. The molecule has 6 heteroatoms. The second kappa shape index (κ2) is 9.70. The number of phenols is 1. The van der Waals surface area contributed by atoms with E-state index in [2.05, 4.69) is 6.58 Å². The van der Waals surface area contributed by atoms with Crippen LogP contribution in [0.4, 0.5) is 5.69 Å². The summed E-state index contributed by atoms with van der Waals surface area (Å²) in [6.07, 6.45) is 6.90. The average Bonchev–Trinajstić information content (AvgIpc) is 3.21. The smallest absolute Gasteiger partial charge is 0.238 e. The Morgan fingerprint density at radius 3 is 2.48 bits per heavy atom. The van der Waals surface area contributed by atoms with Crippen LogP contribution in [0.1, 0.15) is 49.3 Å². The number of rotatable bonds is 5. The number of benzene rings is 2. The summed E-state index contributed by atoms with van der Waals surface area (Å²) in [6, 6.07) is 12.9. The summed E-state index contributed by atoms with van der Waals surface area (Å²) in [6.45, 7) is 7.45. The van der Waals surface area contributed by atoms with Gasteiger partial charge in [-0.25, -0.2) is 0 Å². The highest BCUT2D eigenvalue weighted by Crippen LogP contribution is 2.56. The Morgan fingerprint density at radius 2 is 1.77 bits per heavy atom. The number of imide groups is 1. The first-order valence-corrected chi connectivity index (χ1v) is 13.9. The number of carbonyl (C=O) groups is 4. The van der Waals surface area contributed by atoms with E-state index < -0.39 is 23.7 Å². The molecule has 40 heavy (non-hydrogen) atoms. The third-order valence-electron chi connectivity index (χ3n) is 8.99. The van der Waals surface area contributed by atoms with E-state index in [0.29, 0.717) is 46.4 Å². The van der Waals surface area contributed by atoms with Gasteiger partial charge in [0.15, 0.2) is 11.6 Å². The van der Waals surface area contributed by atoms with E-state index in [0.717, 1.165) is 17.6 Å². The van der Waals surface area contributed by atoms with Gasteiger partial charge in [-0.05, 0) is 67.9 Å². The molecule has 1 heterocycles. The fraction of sp³-hybridized carbons (Fsp3) is 0.294. The molecule has 0 aromatic heterocycles. The normalized spacial score (nSPS) is 25.8. The van der Waals surface area contributed by atoms with Crippen molar-refractivity contribution in [3.8, 4) is 5.75 Å². The van der Waals surface area contributed by atoms with Crippen LogP contribution in [-0.4, -0.2) is 28.5 Å². The lowest BCUT2D eigenvalue weighted by Gasteiger charge is -2.42. The van der Waals surface area contributed by atoms with Crippen molar-refractivity contribution < 1.29 is 24.3 Å². The van der Waals surface area contributed by atoms with Gasteiger partial charge in [0.1, 0.15) is 5.75 Å². The van der Waals surface area contributed by atoms with Crippen LogP contribution in [0, 0.1) is 17.8 Å². The topological polar surface area (TPSA) is 91.8 Å². The Hall–Kier alpha value is -4.32. The minimum Gasteiger partial charge on any atom is -0.507 e. The van der Waals surface area contributed by atoms with Crippen molar-refractivity contribution in [1.82, 2.24) is 0 Å². The molecular weight excluding hydrogens is 502 g/mol. The van der Waals surface area contributed by atoms with E-state index in [9.17, 15) is 24.3 Å². The molecule has 1 aliphatic heterocycles. The Morgan fingerprint density at radius 1 is 1.02 bits per heavy atom.